The van der Waals surface area contributed by atoms with Gasteiger partial charge >= 0.3 is 6.18 Å². The van der Waals surface area contributed by atoms with Crippen molar-refractivity contribution >= 4 is 22.8 Å². The van der Waals surface area contributed by atoms with E-state index in [1.165, 1.54) is 10.5 Å². The number of benzene rings is 1. The van der Waals surface area contributed by atoms with E-state index >= 15 is 0 Å². The molecule has 4 rings (SSSR count). The summed E-state index contributed by atoms with van der Waals surface area (Å²) in [5.41, 5.74) is 1.98. The summed E-state index contributed by atoms with van der Waals surface area (Å²) in [5.74, 6) is -0.000155. The summed E-state index contributed by atoms with van der Waals surface area (Å²) in [7, 11) is 3.53. The molecule has 198 valence electrons. The average molecular weight is 519 g/mol. The van der Waals surface area contributed by atoms with Crippen molar-refractivity contribution in [2.45, 2.75) is 53.0 Å². The molecule has 8 nitrogen and oxygen atoms in total. The van der Waals surface area contributed by atoms with Crippen LogP contribution in [0, 0.1) is 5.82 Å². The predicted octanol–water partition coefficient (Wildman–Crippen LogP) is 4.96. The van der Waals surface area contributed by atoms with Gasteiger partial charge in [-0.1, -0.05) is 12.0 Å². The minimum atomic E-state index is -4.66. The van der Waals surface area contributed by atoms with Crippen LogP contribution in [-0.2, 0) is 39.3 Å². The number of fused-ring (bicyclic) bond motifs is 1. The average Bonchev–Trinajstić information content (AvgIpc) is 3.44. The van der Waals surface area contributed by atoms with E-state index in [0.29, 0.717) is 12.6 Å². The highest BCUT2D eigenvalue weighted by Gasteiger charge is 2.31. The molecule has 0 fully saturated rings. The summed E-state index contributed by atoms with van der Waals surface area (Å²) < 4.78 is 56.4. The maximum atomic E-state index is 14.2. The fraction of sp³-hybridized carbons (Fsp3) is 0.440. The van der Waals surface area contributed by atoms with Gasteiger partial charge in [0.15, 0.2) is 0 Å². The fourth-order valence-electron chi connectivity index (χ4n) is 4.44. The molecule has 0 radical (unpaired) electrons. The van der Waals surface area contributed by atoms with Gasteiger partial charge < -0.3 is 14.4 Å². The molecule has 37 heavy (non-hydrogen) atoms. The largest absolute Gasteiger partial charge is 0.416 e. The zero-order chi connectivity index (χ0) is 26.9. The molecular formula is C25H30F4N8. The molecule has 4 aromatic rings. The van der Waals surface area contributed by atoms with E-state index in [-0.39, 0.29) is 24.6 Å². The number of rotatable bonds is 9. The van der Waals surface area contributed by atoms with Crippen LogP contribution in [0.3, 0.4) is 0 Å². The zero-order valence-electron chi connectivity index (χ0n) is 21.5. The molecule has 0 bridgehead atoms. The van der Waals surface area contributed by atoms with Gasteiger partial charge in [-0.05, 0) is 61.4 Å². The first-order valence-corrected chi connectivity index (χ1v) is 12.1. The summed E-state index contributed by atoms with van der Waals surface area (Å²) in [5, 5.41) is 13.2. The summed E-state index contributed by atoms with van der Waals surface area (Å²) in [6.45, 7) is 7.83. The molecule has 0 aliphatic rings. The highest BCUT2D eigenvalue weighted by molar-refractivity contribution is 5.81. The maximum absolute atomic E-state index is 14.2. The smallest absolute Gasteiger partial charge is 0.360 e. The van der Waals surface area contributed by atoms with Crippen LogP contribution in [0.5, 0.6) is 0 Å². The number of aryl methyl sites for hydroxylation is 3. The minimum absolute atomic E-state index is 0.0595. The normalized spacial score (nSPS) is 11.9. The number of hydrogen-bond acceptors (Lipinski definition) is 6. The van der Waals surface area contributed by atoms with Gasteiger partial charge in [0.2, 0.25) is 0 Å². The van der Waals surface area contributed by atoms with Crippen LogP contribution in [0.25, 0.3) is 11.0 Å². The lowest BCUT2D eigenvalue weighted by Gasteiger charge is -2.25. The molecule has 3 aromatic heterocycles. The molecule has 0 aliphatic carbocycles. The van der Waals surface area contributed by atoms with Gasteiger partial charge in [-0.15, -0.1) is 5.10 Å². The first-order valence-electron chi connectivity index (χ1n) is 12.1. The maximum Gasteiger partial charge on any atom is 0.416 e. The van der Waals surface area contributed by atoms with E-state index in [0.717, 1.165) is 47.5 Å². The number of nitrogens with zero attached hydrogens (tertiary/aromatic N) is 8. The number of hydrogen-bond donors (Lipinski definition) is 0. The van der Waals surface area contributed by atoms with Crippen LogP contribution in [-0.4, -0.2) is 43.4 Å². The first kappa shape index (κ1) is 26.4. The lowest BCUT2D eigenvalue weighted by molar-refractivity contribution is -0.137. The Labute approximate surface area is 212 Å². The number of halogens is 4. The van der Waals surface area contributed by atoms with Crippen LogP contribution in [0.2, 0.25) is 0 Å². The molecule has 0 amide bonds. The minimum Gasteiger partial charge on any atom is -0.360 e. The van der Waals surface area contributed by atoms with Crippen LogP contribution in [0.1, 0.15) is 43.2 Å². The van der Waals surface area contributed by atoms with E-state index in [9.17, 15) is 17.6 Å². The summed E-state index contributed by atoms with van der Waals surface area (Å²) in [4.78, 5) is 9.95. The molecule has 0 aliphatic heterocycles. The van der Waals surface area contributed by atoms with Gasteiger partial charge in [-0.2, -0.15) is 18.0 Å². The van der Waals surface area contributed by atoms with E-state index in [1.54, 1.807) is 11.9 Å². The number of alkyl halides is 3. The Bertz CT molecular complexity index is 1390. The quantitative estimate of drug-likeness (QED) is 0.292. The van der Waals surface area contributed by atoms with Crippen LogP contribution in [0.15, 0.2) is 30.3 Å². The summed E-state index contributed by atoms with van der Waals surface area (Å²) in [6, 6.07) is 6.68. The van der Waals surface area contributed by atoms with Crippen LogP contribution >= 0.6 is 0 Å². The van der Waals surface area contributed by atoms with Crippen molar-refractivity contribution in [3.8, 4) is 0 Å². The van der Waals surface area contributed by atoms with Crippen LogP contribution < -0.4 is 9.80 Å². The molecule has 3 heterocycles. The van der Waals surface area contributed by atoms with Gasteiger partial charge in [0.1, 0.15) is 17.3 Å². The third kappa shape index (κ3) is 5.52. The van der Waals surface area contributed by atoms with Crippen molar-refractivity contribution in [3.05, 3.63) is 58.5 Å². The van der Waals surface area contributed by atoms with Gasteiger partial charge in [0.25, 0.3) is 5.95 Å². The van der Waals surface area contributed by atoms with Crippen molar-refractivity contribution in [1.29, 1.82) is 0 Å². The second-order valence-corrected chi connectivity index (χ2v) is 8.91. The van der Waals surface area contributed by atoms with Gasteiger partial charge in [0, 0.05) is 49.9 Å². The molecule has 0 atom stereocenters. The fourth-order valence-corrected chi connectivity index (χ4v) is 4.44. The first-order chi connectivity index (χ1) is 17.5. The lowest BCUT2D eigenvalue weighted by atomic mass is 10.1. The Morgan fingerprint density at radius 2 is 1.76 bits per heavy atom. The van der Waals surface area contributed by atoms with Crippen molar-refractivity contribution in [2.24, 2.45) is 7.05 Å². The standard InChI is InChI=1S/C25H30F4N8/c1-6-21-12-17-11-18(22(34(4)7-2)30-23(17)37(21)8-3)15-36(24-31-33-35(5)32-24)14-16-9-19(25(27,28)29)13-20(26)10-16/h9-13H,6-8,14-15H2,1-5H3. The third-order valence-electron chi connectivity index (χ3n) is 6.33. The Kier molecular flexibility index (Phi) is 7.37. The highest BCUT2D eigenvalue weighted by atomic mass is 19.4. The van der Waals surface area contributed by atoms with Gasteiger partial charge in [-0.25, -0.2) is 9.37 Å². The second kappa shape index (κ2) is 10.3. The number of anilines is 2. The topological polar surface area (TPSA) is 67.9 Å². The number of aromatic nitrogens is 6. The molecule has 1 aromatic carbocycles. The van der Waals surface area contributed by atoms with Crippen LogP contribution in [0.4, 0.5) is 29.3 Å². The van der Waals surface area contributed by atoms with Crippen molar-refractivity contribution < 1.29 is 17.6 Å². The van der Waals surface area contributed by atoms with E-state index in [1.807, 2.05) is 24.9 Å². The Morgan fingerprint density at radius 1 is 1.00 bits per heavy atom. The van der Waals surface area contributed by atoms with E-state index in [2.05, 4.69) is 39.9 Å². The van der Waals surface area contributed by atoms with Gasteiger partial charge in [-0.3, -0.25) is 0 Å². The monoisotopic (exact) mass is 518 g/mol. The summed E-state index contributed by atoms with van der Waals surface area (Å²) in [6.07, 6.45) is -3.81. The van der Waals surface area contributed by atoms with E-state index in [4.69, 9.17) is 4.98 Å². The molecule has 0 N–H and O–H groups in total. The molecule has 0 unspecified atom stereocenters. The highest BCUT2D eigenvalue weighted by Crippen LogP contribution is 2.32. The summed E-state index contributed by atoms with van der Waals surface area (Å²) >= 11 is 0. The van der Waals surface area contributed by atoms with Crippen molar-refractivity contribution in [1.82, 2.24) is 29.8 Å². The van der Waals surface area contributed by atoms with Crippen molar-refractivity contribution in [3.63, 3.8) is 0 Å². The Balaban J connectivity index is 1.80. The molecule has 0 spiro atoms. The molecule has 12 heteroatoms. The zero-order valence-corrected chi connectivity index (χ0v) is 21.5. The molecular weight excluding hydrogens is 488 g/mol. The lowest BCUT2D eigenvalue weighted by Crippen LogP contribution is -2.27. The number of tetrazole rings is 1. The molecule has 0 saturated heterocycles. The third-order valence-corrected chi connectivity index (χ3v) is 6.33. The molecule has 0 saturated carbocycles. The Hall–Kier alpha value is -3.70. The second-order valence-electron chi connectivity index (χ2n) is 8.91. The van der Waals surface area contributed by atoms with Crippen molar-refractivity contribution in [2.75, 3.05) is 23.4 Å². The van der Waals surface area contributed by atoms with Gasteiger partial charge in [0.05, 0.1) is 12.6 Å². The van der Waals surface area contributed by atoms with E-state index < -0.39 is 17.6 Å². The number of pyridine rings is 1. The SMILES string of the molecule is CCc1cc2cc(CN(Cc3cc(F)cc(C(F)(F)F)c3)c3nnn(C)n3)c(N(C)CC)nc2n1CC. The Morgan fingerprint density at radius 3 is 2.35 bits per heavy atom. The predicted molar refractivity (Wildman–Crippen MR) is 134 cm³/mol.